The molecule has 0 radical (unpaired) electrons. The third-order valence-electron chi connectivity index (χ3n) is 6.28. The quantitative estimate of drug-likeness (QED) is 0.400. The number of hydrogen-bond acceptors (Lipinski definition) is 6. The molecule has 9 nitrogen and oxygen atoms in total. The average molecular weight is 572 g/mol. The number of amides is 2. The molecule has 0 unspecified atom stereocenters. The van der Waals surface area contributed by atoms with Crippen molar-refractivity contribution in [1.82, 2.24) is 10.2 Å². The van der Waals surface area contributed by atoms with Crippen LogP contribution in [-0.2, 0) is 32.6 Å². The average Bonchev–Trinajstić information content (AvgIpc) is 2.93. The Labute approximate surface area is 233 Å². The number of fused-ring (bicyclic) bond motifs is 1. The highest BCUT2D eigenvalue weighted by Crippen LogP contribution is 2.34. The van der Waals surface area contributed by atoms with E-state index in [2.05, 4.69) is 5.32 Å². The molecule has 1 aliphatic rings. The zero-order chi connectivity index (χ0) is 28.0. The number of nitrogens with zero attached hydrogens (tertiary/aromatic N) is 2. The summed E-state index contributed by atoms with van der Waals surface area (Å²) in [6.45, 7) is 0.271. The van der Waals surface area contributed by atoms with Gasteiger partial charge >= 0.3 is 0 Å². The molecule has 1 aliphatic heterocycles. The zero-order valence-corrected chi connectivity index (χ0v) is 23.2. The van der Waals surface area contributed by atoms with Gasteiger partial charge in [-0.2, -0.15) is 0 Å². The standard InChI is InChI=1S/C28H30ClN3O6S/c1-30-28(34)24(16-20-6-4-3-5-7-20)31(18-21-8-10-22(29)11-9-21)27(33)19-32(39(2,35)36)23-12-13-25-26(17-23)38-15-14-37-25/h3-13,17,24H,14-16,18-19H2,1-2H3,(H,30,34)/t24-/m0/s1. The Kier molecular flexibility index (Phi) is 8.98. The second-order valence-electron chi connectivity index (χ2n) is 9.07. The highest BCUT2D eigenvalue weighted by atomic mass is 35.5. The van der Waals surface area contributed by atoms with Crippen molar-refractivity contribution in [2.24, 2.45) is 0 Å². The molecule has 2 amide bonds. The smallest absolute Gasteiger partial charge is 0.244 e. The number of hydrogen-bond donors (Lipinski definition) is 1. The first kappa shape index (κ1) is 28.3. The van der Waals surface area contributed by atoms with Gasteiger partial charge in [-0.05, 0) is 35.4 Å². The third-order valence-corrected chi connectivity index (χ3v) is 7.67. The van der Waals surface area contributed by atoms with Crippen LogP contribution in [0.15, 0.2) is 72.8 Å². The second kappa shape index (κ2) is 12.4. The summed E-state index contributed by atoms with van der Waals surface area (Å²) in [6.07, 6.45) is 1.27. The predicted octanol–water partition coefficient (Wildman–Crippen LogP) is 3.26. The zero-order valence-electron chi connectivity index (χ0n) is 21.7. The molecule has 0 saturated carbocycles. The lowest BCUT2D eigenvalue weighted by molar-refractivity contribution is -0.139. The summed E-state index contributed by atoms with van der Waals surface area (Å²) in [7, 11) is -2.39. The monoisotopic (exact) mass is 571 g/mol. The summed E-state index contributed by atoms with van der Waals surface area (Å²) in [5, 5.41) is 3.18. The van der Waals surface area contributed by atoms with Crippen LogP contribution in [0, 0.1) is 0 Å². The fraction of sp³-hybridized carbons (Fsp3) is 0.286. The summed E-state index contributed by atoms with van der Waals surface area (Å²) in [5.74, 6) is -0.0249. The molecular weight excluding hydrogens is 542 g/mol. The molecule has 0 spiro atoms. The summed E-state index contributed by atoms with van der Waals surface area (Å²) >= 11 is 6.05. The molecule has 0 aliphatic carbocycles. The van der Waals surface area contributed by atoms with Gasteiger partial charge in [-0.3, -0.25) is 13.9 Å². The number of ether oxygens (including phenoxy) is 2. The molecule has 11 heteroatoms. The summed E-state index contributed by atoms with van der Waals surface area (Å²) in [6, 6.07) is 20.1. The summed E-state index contributed by atoms with van der Waals surface area (Å²) < 4.78 is 37.9. The van der Waals surface area contributed by atoms with E-state index in [0.717, 1.165) is 21.7 Å². The lowest BCUT2D eigenvalue weighted by atomic mass is 10.0. The SMILES string of the molecule is CNC(=O)[C@H](Cc1ccccc1)N(Cc1ccc(Cl)cc1)C(=O)CN(c1ccc2c(c1)OCCO2)S(C)(=O)=O. The highest BCUT2D eigenvalue weighted by molar-refractivity contribution is 7.92. The molecule has 0 fully saturated rings. The Bertz CT molecular complexity index is 1420. The molecule has 3 aromatic rings. The van der Waals surface area contributed by atoms with E-state index in [1.807, 2.05) is 30.3 Å². The van der Waals surface area contributed by atoms with Crippen LogP contribution < -0.4 is 19.1 Å². The molecule has 39 heavy (non-hydrogen) atoms. The van der Waals surface area contributed by atoms with E-state index < -0.39 is 28.5 Å². The van der Waals surface area contributed by atoms with Crippen molar-refractivity contribution in [1.29, 1.82) is 0 Å². The normalized spacial score (nSPS) is 13.3. The van der Waals surface area contributed by atoms with E-state index in [-0.39, 0.29) is 24.6 Å². The first-order valence-corrected chi connectivity index (χ1v) is 14.5. The third kappa shape index (κ3) is 7.21. The van der Waals surface area contributed by atoms with Gasteiger partial charge in [-0.15, -0.1) is 0 Å². The number of anilines is 1. The van der Waals surface area contributed by atoms with Crippen molar-refractivity contribution >= 4 is 39.1 Å². The van der Waals surface area contributed by atoms with Crippen LogP contribution in [0.1, 0.15) is 11.1 Å². The minimum Gasteiger partial charge on any atom is -0.486 e. The topological polar surface area (TPSA) is 105 Å². The Morgan fingerprint density at radius 2 is 1.62 bits per heavy atom. The molecular formula is C28H30ClN3O6S. The molecule has 4 rings (SSSR count). The molecule has 0 aromatic heterocycles. The maximum atomic E-state index is 13.9. The fourth-order valence-corrected chi connectivity index (χ4v) is 5.28. The van der Waals surface area contributed by atoms with Crippen molar-refractivity contribution in [2.75, 3.05) is 37.4 Å². The van der Waals surface area contributed by atoms with Gasteiger partial charge in [0, 0.05) is 31.1 Å². The van der Waals surface area contributed by atoms with Gasteiger partial charge in [0.2, 0.25) is 21.8 Å². The Balaban J connectivity index is 1.70. The predicted molar refractivity (Wildman–Crippen MR) is 150 cm³/mol. The first-order valence-electron chi connectivity index (χ1n) is 12.3. The Morgan fingerprint density at radius 1 is 0.949 bits per heavy atom. The van der Waals surface area contributed by atoms with Crippen LogP contribution in [-0.4, -0.2) is 64.2 Å². The largest absolute Gasteiger partial charge is 0.486 e. The van der Waals surface area contributed by atoms with Gasteiger partial charge in [0.15, 0.2) is 11.5 Å². The lowest BCUT2D eigenvalue weighted by Crippen LogP contribution is -2.52. The van der Waals surface area contributed by atoms with Gasteiger partial charge < -0.3 is 19.7 Å². The number of rotatable bonds is 10. The number of sulfonamides is 1. The van der Waals surface area contributed by atoms with Crippen LogP contribution in [0.3, 0.4) is 0 Å². The molecule has 3 aromatic carbocycles. The minimum absolute atomic E-state index is 0.0691. The van der Waals surface area contributed by atoms with Gasteiger partial charge in [-0.25, -0.2) is 8.42 Å². The molecule has 0 bridgehead atoms. The van der Waals surface area contributed by atoms with Crippen LogP contribution in [0.5, 0.6) is 11.5 Å². The van der Waals surface area contributed by atoms with Gasteiger partial charge in [0.25, 0.3) is 0 Å². The number of benzene rings is 3. The minimum atomic E-state index is -3.89. The van der Waals surface area contributed by atoms with Crippen LogP contribution in [0.2, 0.25) is 5.02 Å². The summed E-state index contributed by atoms with van der Waals surface area (Å²) in [5.41, 5.74) is 1.84. The van der Waals surface area contributed by atoms with Gasteiger partial charge in [0.05, 0.1) is 11.9 Å². The van der Waals surface area contributed by atoms with Crippen molar-refractivity contribution in [3.8, 4) is 11.5 Å². The highest BCUT2D eigenvalue weighted by Gasteiger charge is 2.33. The second-order valence-corrected chi connectivity index (χ2v) is 11.4. The lowest BCUT2D eigenvalue weighted by Gasteiger charge is -2.33. The van der Waals surface area contributed by atoms with E-state index in [4.69, 9.17) is 21.1 Å². The van der Waals surface area contributed by atoms with Crippen molar-refractivity contribution in [2.45, 2.75) is 19.0 Å². The van der Waals surface area contributed by atoms with Crippen LogP contribution >= 0.6 is 11.6 Å². The van der Waals surface area contributed by atoms with Crippen molar-refractivity contribution < 1.29 is 27.5 Å². The maximum absolute atomic E-state index is 13.9. The van der Waals surface area contributed by atoms with E-state index >= 15 is 0 Å². The number of nitrogens with one attached hydrogen (secondary N) is 1. The van der Waals surface area contributed by atoms with Crippen LogP contribution in [0.4, 0.5) is 5.69 Å². The van der Waals surface area contributed by atoms with Crippen molar-refractivity contribution in [3.63, 3.8) is 0 Å². The van der Waals surface area contributed by atoms with E-state index in [1.165, 1.54) is 18.0 Å². The van der Waals surface area contributed by atoms with E-state index in [9.17, 15) is 18.0 Å². The first-order chi connectivity index (χ1) is 18.7. The van der Waals surface area contributed by atoms with Gasteiger partial charge in [-0.1, -0.05) is 54.1 Å². The molecule has 1 N–H and O–H groups in total. The molecule has 206 valence electrons. The maximum Gasteiger partial charge on any atom is 0.244 e. The fourth-order valence-electron chi connectivity index (χ4n) is 4.31. The van der Waals surface area contributed by atoms with E-state index in [1.54, 1.807) is 36.4 Å². The van der Waals surface area contributed by atoms with Crippen LogP contribution in [0.25, 0.3) is 0 Å². The summed E-state index contributed by atoms with van der Waals surface area (Å²) in [4.78, 5) is 28.5. The van der Waals surface area contributed by atoms with Crippen molar-refractivity contribution in [3.05, 3.63) is 88.9 Å². The molecule has 1 heterocycles. The number of likely N-dealkylation sites (N-methyl/N-ethyl adjacent to an activating group) is 1. The number of carbonyl (C=O) groups excluding carboxylic acids is 2. The molecule has 0 saturated heterocycles. The van der Waals surface area contributed by atoms with E-state index in [0.29, 0.717) is 29.7 Å². The van der Waals surface area contributed by atoms with Gasteiger partial charge in [0.1, 0.15) is 25.8 Å². The number of carbonyl (C=O) groups is 2. The Hall–Kier alpha value is -3.76. The Morgan fingerprint density at radius 3 is 2.26 bits per heavy atom. The number of halogens is 1. The molecule has 1 atom stereocenters.